The molecule has 1 aliphatic rings. The molecule has 0 radical (unpaired) electrons. The fourth-order valence-electron chi connectivity index (χ4n) is 3.87. The van der Waals surface area contributed by atoms with Crippen molar-refractivity contribution in [2.75, 3.05) is 17.8 Å². The second kappa shape index (κ2) is 11.0. The van der Waals surface area contributed by atoms with E-state index in [4.69, 9.17) is 26.1 Å². The van der Waals surface area contributed by atoms with Gasteiger partial charge in [-0.2, -0.15) is 9.97 Å². The molecule has 4 rings (SSSR count). The zero-order valence-electron chi connectivity index (χ0n) is 19.3. The molecule has 38 heavy (non-hydrogen) atoms. The van der Waals surface area contributed by atoms with E-state index in [9.17, 15) is 33.4 Å². The van der Waals surface area contributed by atoms with E-state index in [1.165, 1.54) is 12.1 Å². The Balaban J connectivity index is 1.61. The molecule has 1 aliphatic heterocycles. The lowest BCUT2D eigenvalue weighted by atomic mass is 10.1. The van der Waals surface area contributed by atoms with E-state index in [0.29, 0.717) is 16.9 Å². The maximum atomic E-state index is 14.2. The van der Waals surface area contributed by atoms with Gasteiger partial charge in [0, 0.05) is 5.56 Å². The van der Waals surface area contributed by atoms with Gasteiger partial charge in [-0.3, -0.25) is 18.5 Å². The van der Waals surface area contributed by atoms with Gasteiger partial charge < -0.3 is 39.5 Å². The highest BCUT2D eigenvalue weighted by Crippen LogP contribution is 2.55. The fraction of sp³-hybridized carbons (Fsp3) is 0.421. The minimum atomic E-state index is -4.89. The first-order valence-electron chi connectivity index (χ1n) is 10.8. The van der Waals surface area contributed by atoms with E-state index in [-0.39, 0.29) is 21.4 Å². The zero-order chi connectivity index (χ0) is 28.0. The molecule has 0 bridgehead atoms. The average Bonchev–Trinajstić information content (AvgIpc) is 3.26. The molecule has 1 unspecified atom stereocenters. The summed E-state index contributed by atoms with van der Waals surface area (Å²) in [4.78, 5) is 47.9. The van der Waals surface area contributed by atoms with Gasteiger partial charge in [0.2, 0.25) is 5.28 Å². The number of hydrogen-bond donors (Lipinski definition) is 6. The normalized spacial score (nSPS) is 24.4. The van der Waals surface area contributed by atoms with Crippen LogP contribution in [0, 0.1) is 5.82 Å². The summed E-state index contributed by atoms with van der Waals surface area (Å²) in [6.45, 7) is 0.833. The summed E-state index contributed by atoms with van der Waals surface area (Å²) in [5, 5.41) is 23.7. The van der Waals surface area contributed by atoms with Gasteiger partial charge in [0.15, 0.2) is 23.6 Å². The summed E-state index contributed by atoms with van der Waals surface area (Å²) >= 11 is 6.74. The number of aliphatic hydroxyl groups is 2. The number of hydrogen-bond acceptors (Lipinski definition) is 11. The monoisotopic (exact) mass is 614 g/mol. The lowest BCUT2D eigenvalue weighted by Gasteiger charge is -2.18. The van der Waals surface area contributed by atoms with Crippen LogP contribution in [0.5, 0.6) is 0 Å². The van der Waals surface area contributed by atoms with Gasteiger partial charge in [-0.05, 0) is 24.6 Å². The van der Waals surface area contributed by atoms with Gasteiger partial charge in [-0.25, -0.2) is 4.39 Å². The third-order valence-electron chi connectivity index (χ3n) is 5.55. The largest absolute Gasteiger partial charge is 0.387 e. The van der Waals surface area contributed by atoms with Crippen molar-refractivity contribution in [1.29, 1.82) is 0 Å². The fourth-order valence-corrected chi connectivity index (χ4v) is 7.50. The van der Waals surface area contributed by atoms with E-state index in [1.807, 2.05) is 0 Å². The molecule has 0 spiro atoms. The smallest absolute Gasteiger partial charge is 0.340 e. The minimum Gasteiger partial charge on any atom is -0.387 e. The molecule has 6 N–H and O–H groups in total. The Kier molecular flexibility index (Phi) is 8.44. The van der Waals surface area contributed by atoms with Crippen molar-refractivity contribution in [3.63, 3.8) is 0 Å². The summed E-state index contributed by atoms with van der Waals surface area (Å²) in [5.74, 6) is -1.82. The molecule has 208 valence electrons. The van der Waals surface area contributed by atoms with Crippen LogP contribution in [-0.4, -0.2) is 70.3 Å². The van der Waals surface area contributed by atoms with Crippen molar-refractivity contribution in [3.05, 3.63) is 50.6 Å². The minimum absolute atomic E-state index is 0.0737. The number of nitrogens with one attached hydrogen (secondary N) is 1. The maximum absolute atomic E-state index is 14.2. The Hall–Kier alpha value is -1.81. The van der Waals surface area contributed by atoms with Crippen LogP contribution < -0.4 is 10.2 Å². The van der Waals surface area contributed by atoms with Crippen LogP contribution in [0.4, 0.5) is 10.2 Å². The Morgan fingerprint density at radius 2 is 1.92 bits per heavy atom. The van der Waals surface area contributed by atoms with Gasteiger partial charge in [0.05, 0.1) is 12.6 Å². The quantitative estimate of drug-likeness (QED) is 0.150. The summed E-state index contributed by atoms with van der Waals surface area (Å²) in [6, 6.07) is 5.44. The van der Waals surface area contributed by atoms with Gasteiger partial charge in [0.25, 0.3) is 0 Å². The number of rotatable bonds is 9. The van der Waals surface area contributed by atoms with Crippen molar-refractivity contribution in [2.24, 2.45) is 0 Å². The van der Waals surface area contributed by atoms with Crippen LogP contribution in [0.15, 0.2) is 29.1 Å². The van der Waals surface area contributed by atoms with E-state index < -0.39 is 69.0 Å². The van der Waals surface area contributed by atoms with Crippen LogP contribution in [0.1, 0.15) is 24.8 Å². The standard InChI is InChI=1S/C19H22ClFN4O10P2S/c1-8(9-4-2-3-5-10(9)21)22-15-14-16(24-18(20)23-15)25(19(28)38-14)17-13(27)12(26)11(35-17)6-34-37(32,33)7-36(29,30)31/h2-5,8,11-13,17,26-27H,6-7H2,1H3,(H,32,33)(H,22,23,24)(H2,29,30,31)/t8-,11+,12+,13+,17+/m0/s1. The Bertz CT molecular complexity index is 1500. The predicted octanol–water partition coefficient (Wildman–Crippen LogP) is 1.77. The third kappa shape index (κ3) is 6.32. The lowest BCUT2D eigenvalue weighted by Crippen LogP contribution is -2.34. The third-order valence-corrected chi connectivity index (χ3v) is 10.1. The predicted molar refractivity (Wildman–Crippen MR) is 134 cm³/mol. The SMILES string of the molecule is C[C@H](Nc1nc(Cl)nc2c1sc(=O)n2[C@@H]1O[C@H](COP(=O)(O)CP(=O)(O)O)[C@@H](O)[C@H]1O)c1ccccc1F. The molecule has 0 aliphatic carbocycles. The van der Waals surface area contributed by atoms with Crippen molar-refractivity contribution in [3.8, 4) is 0 Å². The van der Waals surface area contributed by atoms with Crippen molar-refractivity contribution in [2.45, 2.75) is 37.5 Å². The topological polar surface area (TPSA) is 214 Å². The first-order valence-corrected chi connectivity index (χ1v) is 15.5. The first kappa shape index (κ1) is 29.2. The maximum Gasteiger partial charge on any atom is 0.340 e. The van der Waals surface area contributed by atoms with Gasteiger partial charge in [-0.1, -0.05) is 29.5 Å². The Labute approximate surface area is 222 Å². The second-order valence-electron chi connectivity index (χ2n) is 8.41. The van der Waals surface area contributed by atoms with Gasteiger partial charge in [0.1, 0.15) is 28.8 Å². The molecule has 3 heterocycles. The number of halogens is 2. The lowest BCUT2D eigenvalue weighted by molar-refractivity contribution is -0.0491. The summed E-state index contributed by atoms with van der Waals surface area (Å²) in [6.07, 6.45) is -6.44. The van der Waals surface area contributed by atoms with Crippen LogP contribution in [0.25, 0.3) is 10.3 Å². The van der Waals surface area contributed by atoms with E-state index in [2.05, 4.69) is 19.8 Å². The van der Waals surface area contributed by atoms with Crippen LogP contribution in [-0.2, 0) is 18.4 Å². The summed E-state index contributed by atoms with van der Waals surface area (Å²) < 4.78 is 48.5. The molecular formula is C19H22ClFN4O10P2S. The molecule has 1 aromatic carbocycles. The number of benzene rings is 1. The summed E-state index contributed by atoms with van der Waals surface area (Å²) in [7, 11) is -9.66. The summed E-state index contributed by atoms with van der Waals surface area (Å²) in [5.41, 5.74) is 0.248. The number of thiazole rings is 1. The molecule has 1 fully saturated rings. The van der Waals surface area contributed by atoms with Crippen molar-refractivity contribution >= 4 is 54.3 Å². The van der Waals surface area contributed by atoms with E-state index in [1.54, 1.807) is 19.1 Å². The van der Waals surface area contributed by atoms with Gasteiger partial charge in [-0.15, -0.1) is 0 Å². The number of fused-ring (bicyclic) bond motifs is 1. The Morgan fingerprint density at radius 3 is 2.58 bits per heavy atom. The highest BCUT2D eigenvalue weighted by molar-refractivity contribution is 7.70. The first-order chi connectivity index (χ1) is 17.7. The van der Waals surface area contributed by atoms with Crippen LogP contribution in [0.2, 0.25) is 5.28 Å². The Morgan fingerprint density at radius 1 is 1.24 bits per heavy atom. The van der Waals surface area contributed by atoms with Gasteiger partial charge >= 0.3 is 20.1 Å². The molecule has 6 atom stereocenters. The molecule has 19 heteroatoms. The van der Waals surface area contributed by atoms with Crippen LogP contribution in [0.3, 0.4) is 0 Å². The molecule has 0 saturated carbocycles. The number of anilines is 1. The molecule has 3 aromatic rings. The average molecular weight is 615 g/mol. The second-order valence-corrected chi connectivity index (χ2v) is 13.7. The van der Waals surface area contributed by atoms with E-state index >= 15 is 0 Å². The van der Waals surface area contributed by atoms with Crippen molar-refractivity contribution in [1.82, 2.24) is 14.5 Å². The highest BCUT2D eigenvalue weighted by Gasteiger charge is 2.46. The molecule has 0 amide bonds. The zero-order valence-corrected chi connectivity index (χ0v) is 22.6. The number of ether oxygens (including phenoxy) is 1. The molecule has 14 nitrogen and oxygen atoms in total. The molecule has 2 aromatic heterocycles. The molecule has 1 saturated heterocycles. The number of aromatic nitrogens is 3. The molecular weight excluding hydrogens is 593 g/mol. The van der Waals surface area contributed by atoms with E-state index in [0.717, 1.165) is 4.57 Å². The van der Waals surface area contributed by atoms with Crippen molar-refractivity contribution < 1.29 is 47.7 Å². The number of aliphatic hydroxyl groups excluding tert-OH is 2. The number of nitrogens with zero attached hydrogens (tertiary/aromatic N) is 3. The highest BCUT2D eigenvalue weighted by atomic mass is 35.5. The van der Waals surface area contributed by atoms with Crippen LogP contribution >= 0.6 is 38.1 Å².